The predicted molar refractivity (Wildman–Crippen MR) is 86.0 cm³/mol. The van der Waals surface area contributed by atoms with Crippen molar-refractivity contribution in [1.29, 1.82) is 0 Å². The Hall–Kier alpha value is -1.14. The van der Waals surface area contributed by atoms with Gasteiger partial charge in [-0.2, -0.15) is 0 Å². The van der Waals surface area contributed by atoms with Crippen LogP contribution in [0, 0.1) is 11.8 Å². The normalized spacial score (nSPS) is 21.6. The van der Waals surface area contributed by atoms with Crippen molar-refractivity contribution in [3.63, 3.8) is 0 Å². The second-order valence-corrected chi connectivity index (χ2v) is 6.34. The zero-order valence-electron chi connectivity index (χ0n) is 12.8. The summed E-state index contributed by atoms with van der Waals surface area (Å²) in [5.74, 6) is 0.276. The molecule has 0 bridgehead atoms. The standard InChI is InChI=1S/C16H23ClN2O3/c1-18(6-7-20)8-13-9-19(10-14(13)11-21)16(22)12-2-4-15(17)5-3-12/h2-5,13-14,20-21H,6-11H2,1H3. The van der Waals surface area contributed by atoms with Gasteiger partial charge in [0.05, 0.1) is 6.61 Å². The van der Waals surface area contributed by atoms with Crippen LogP contribution in [0.5, 0.6) is 0 Å². The summed E-state index contributed by atoms with van der Waals surface area (Å²) in [6, 6.07) is 6.87. The van der Waals surface area contributed by atoms with Crippen LogP contribution in [0.4, 0.5) is 0 Å². The monoisotopic (exact) mass is 326 g/mol. The van der Waals surface area contributed by atoms with E-state index in [1.54, 1.807) is 29.2 Å². The third-order valence-electron chi connectivity index (χ3n) is 4.22. The molecule has 6 heteroatoms. The molecule has 22 heavy (non-hydrogen) atoms. The fourth-order valence-corrected chi connectivity index (χ4v) is 3.08. The molecule has 2 rings (SSSR count). The Morgan fingerprint density at radius 2 is 1.91 bits per heavy atom. The Labute approximate surface area is 136 Å². The van der Waals surface area contributed by atoms with Gasteiger partial charge in [0.2, 0.25) is 0 Å². The van der Waals surface area contributed by atoms with E-state index in [4.69, 9.17) is 16.7 Å². The average Bonchev–Trinajstić information content (AvgIpc) is 2.90. The molecule has 2 atom stereocenters. The molecule has 1 amide bonds. The van der Waals surface area contributed by atoms with Gasteiger partial charge in [-0.05, 0) is 37.2 Å². The summed E-state index contributed by atoms with van der Waals surface area (Å²) < 4.78 is 0. The van der Waals surface area contributed by atoms with E-state index in [9.17, 15) is 9.90 Å². The third kappa shape index (κ3) is 4.20. The first-order valence-electron chi connectivity index (χ1n) is 7.50. The van der Waals surface area contributed by atoms with Gasteiger partial charge in [-0.3, -0.25) is 4.79 Å². The number of hydrogen-bond acceptors (Lipinski definition) is 4. The van der Waals surface area contributed by atoms with Crippen molar-refractivity contribution in [1.82, 2.24) is 9.80 Å². The lowest BCUT2D eigenvalue weighted by Gasteiger charge is -2.23. The van der Waals surface area contributed by atoms with Gasteiger partial charge in [-0.15, -0.1) is 0 Å². The second-order valence-electron chi connectivity index (χ2n) is 5.91. The molecular formula is C16H23ClN2O3. The molecule has 1 heterocycles. The lowest BCUT2D eigenvalue weighted by molar-refractivity contribution is 0.0779. The smallest absolute Gasteiger partial charge is 0.253 e. The van der Waals surface area contributed by atoms with Crippen molar-refractivity contribution in [3.05, 3.63) is 34.9 Å². The van der Waals surface area contributed by atoms with E-state index in [2.05, 4.69) is 0 Å². The van der Waals surface area contributed by atoms with Crippen molar-refractivity contribution in [3.8, 4) is 0 Å². The number of halogens is 1. The quantitative estimate of drug-likeness (QED) is 0.817. The Morgan fingerprint density at radius 1 is 1.27 bits per heavy atom. The van der Waals surface area contributed by atoms with E-state index in [-0.39, 0.29) is 31.0 Å². The van der Waals surface area contributed by atoms with Crippen LogP contribution in [-0.4, -0.2) is 72.4 Å². The van der Waals surface area contributed by atoms with E-state index in [0.29, 0.717) is 30.2 Å². The summed E-state index contributed by atoms with van der Waals surface area (Å²) in [5.41, 5.74) is 0.616. The summed E-state index contributed by atoms with van der Waals surface area (Å²) in [6.45, 7) is 2.73. The number of rotatable bonds is 6. The molecule has 1 aliphatic rings. The van der Waals surface area contributed by atoms with Gasteiger partial charge >= 0.3 is 0 Å². The molecule has 2 unspecified atom stereocenters. The fourth-order valence-electron chi connectivity index (χ4n) is 2.96. The molecule has 0 saturated carbocycles. The van der Waals surface area contributed by atoms with E-state index < -0.39 is 0 Å². The number of carbonyl (C=O) groups is 1. The molecule has 1 saturated heterocycles. The van der Waals surface area contributed by atoms with E-state index in [0.717, 1.165) is 6.54 Å². The second kappa shape index (κ2) is 7.92. The number of amides is 1. The van der Waals surface area contributed by atoms with Crippen LogP contribution in [0.1, 0.15) is 10.4 Å². The van der Waals surface area contributed by atoms with Crippen LogP contribution in [0.3, 0.4) is 0 Å². The van der Waals surface area contributed by atoms with Crippen molar-refractivity contribution in [2.24, 2.45) is 11.8 Å². The SMILES string of the molecule is CN(CCO)CC1CN(C(=O)c2ccc(Cl)cc2)CC1CO. The van der Waals surface area contributed by atoms with Crippen LogP contribution in [0.15, 0.2) is 24.3 Å². The molecule has 1 aromatic rings. The summed E-state index contributed by atoms with van der Waals surface area (Å²) in [4.78, 5) is 16.3. The van der Waals surface area contributed by atoms with Gasteiger partial charge in [-0.1, -0.05) is 11.6 Å². The van der Waals surface area contributed by atoms with E-state index in [1.807, 2.05) is 11.9 Å². The molecule has 1 aliphatic heterocycles. The maximum atomic E-state index is 12.5. The van der Waals surface area contributed by atoms with Crippen molar-refractivity contribution in [2.45, 2.75) is 0 Å². The average molecular weight is 327 g/mol. The molecule has 0 aromatic heterocycles. The Balaban J connectivity index is 2.01. The van der Waals surface area contributed by atoms with Crippen LogP contribution in [0.25, 0.3) is 0 Å². The predicted octanol–water partition coefficient (Wildman–Crippen LogP) is 0.945. The lowest BCUT2D eigenvalue weighted by Crippen LogP contribution is -2.33. The molecule has 122 valence electrons. The highest BCUT2D eigenvalue weighted by atomic mass is 35.5. The van der Waals surface area contributed by atoms with Crippen LogP contribution in [0.2, 0.25) is 5.02 Å². The molecule has 0 aliphatic carbocycles. The number of hydrogen-bond donors (Lipinski definition) is 2. The fraction of sp³-hybridized carbons (Fsp3) is 0.562. The molecule has 0 radical (unpaired) electrons. The molecule has 0 spiro atoms. The van der Waals surface area contributed by atoms with Crippen LogP contribution < -0.4 is 0 Å². The first-order chi connectivity index (χ1) is 10.5. The van der Waals surface area contributed by atoms with Gasteiger partial charge in [0, 0.05) is 49.3 Å². The zero-order valence-corrected chi connectivity index (χ0v) is 13.5. The van der Waals surface area contributed by atoms with Crippen LogP contribution >= 0.6 is 11.6 Å². The third-order valence-corrected chi connectivity index (χ3v) is 4.47. The first-order valence-corrected chi connectivity index (χ1v) is 7.88. The highest BCUT2D eigenvalue weighted by Gasteiger charge is 2.35. The number of aliphatic hydroxyl groups excluding tert-OH is 2. The van der Waals surface area contributed by atoms with E-state index >= 15 is 0 Å². The number of aliphatic hydroxyl groups is 2. The molecule has 1 aromatic carbocycles. The van der Waals surface area contributed by atoms with Crippen molar-refractivity contribution in [2.75, 3.05) is 46.4 Å². The maximum absolute atomic E-state index is 12.5. The lowest BCUT2D eigenvalue weighted by atomic mass is 9.96. The molecule has 5 nitrogen and oxygen atoms in total. The van der Waals surface area contributed by atoms with Gasteiger partial charge in [0.25, 0.3) is 5.91 Å². The number of nitrogens with zero attached hydrogens (tertiary/aromatic N) is 2. The molecular weight excluding hydrogens is 304 g/mol. The highest BCUT2D eigenvalue weighted by Crippen LogP contribution is 2.25. The van der Waals surface area contributed by atoms with Crippen molar-refractivity contribution < 1.29 is 15.0 Å². The minimum absolute atomic E-state index is 0.0255. The van der Waals surface area contributed by atoms with Gasteiger partial charge < -0.3 is 20.0 Å². The summed E-state index contributed by atoms with van der Waals surface area (Å²) in [5, 5.41) is 19.1. The minimum Gasteiger partial charge on any atom is -0.396 e. The Kier molecular flexibility index (Phi) is 6.20. The summed E-state index contributed by atoms with van der Waals surface area (Å²) in [6.07, 6.45) is 0. The largest absolute Gasteiger partial charge is 0.396 e. The van der Waals surface area contributed by atoms with Crippen LogP contribution in [-0.2, 0) is 0 Å². The van der Waals surface area contributed by atoms with E-state index in [1.165, 1.54) is 0 Å². The number of likely N-dealkylation sites (N-methyl/N-ethyl adjacent to an activating group) is 1. The molecule has 1 fully saturated rings. The topological polar surface area (TPSA) is 64.0 Å². The van der Waals surface area contributed by atoms with Gasteiger partial charge in [0.15, 0.2) is 0 Å². The van der Waals surface area contributed by atoms with Gasteiger partial charge in [0.1, 0.15) is 0 Å². The minimum atomic E-state index is -0.0255. The maximum Gasteiger partial charge on any atom is 0.253 e. The Bertz CT molecular complexity index is 495. The highest BCUT2D eigenvalue weighted by molar-refractivity contribution is 6.30. The number of benzene rings is 1. The number of likely N-dealkylation sites (tertiary alicyclic amines) is 1. The summed E-state index contributed by atoms with van der Waals surface area (Å²) >= 11 is 5.85. The van der Waals surface area contributed by atoms with Gasteiger partial charge in [-0.25, -0.2) is 0 Å². The zero-order chi connectivity index (χ0) is 16.1. The first kappa shape index (κ1) is 17.2. The molecule has 2 N–H and O–H groups in total. The summed E-state index contributed by atoms with van der Waals surface area (Å²) in [7, 11) is 1.94. The Morgan fingerprint density at radius 3 is 2.50 bits per heavy atom. The van der Waals surface area contributed by atoms with Crippen molar-refractivity contribution >= 4 is 17.5 Å². The number of carbonyl (C=O) groups excluding carboxylic acids is 1.